The van der Waals surface area contributed by atoms with E-state index in [-0.39, 0.29) is 17.5 Å². The second kappa shape index (κ2) is 10.4. The van der Waals surface area contributed by atoms with Crippen LogP contribution in [0.25, 0.3) is 11.3 Å². The molecule has 3 aromatic rings. The highest BCUT2D eigenvalue weighted by Crippen LogP contribution is 2.33. The molecule has 0 saturated heterocycles. The van der Waals surface area contributed by atoms with Crippen molar-refractivity contribution < 1.29 is 23.6 Å². The summed E-state index contributed by atoms with van der Waals surface area (Å²) < 4.78 is 15.9. The molecule has 2 heterocycles. The Morgan fingerprint density at radius 1 is 1.12 bits per heavy atom. The van der Waals surface area contributed by atoms with Crippen LogP contribution in [0.5, 0.6) is 11.5 Å². The first-order valence-electron chi connectivity index (χ1n) is 10.1. The van der Waals surface area contributed by atoms with Crippen LogP contribution in [-0.2, 0) is 11.3 Å². The first-order valence-corrected chi connectivity index (χ1v) is 10.1. The van der Waals surface area contributed by atoms with Gasteiger partial charge in [0.1, 0.15) is 17.5 Å². The number of rotatable bonds is 9. The van der Waals surface area contributed by atoms with Crippen LogP contribution < -0.4 is 20.1 Å². The predicted octanol–water partition coefficient (Wildman–Crippen LogP) is 2.82. The minimum absolute atomic E-state index is 0.0589. The lowest BCUT2D eigenvalue weighted by atomic mass is 10.0. The second-order valence-electron chi connectivity index (χ2n) is 7.42. The number of nitrogens with zero attached hydrogens (tertiary/aromatic N) is 2. The number of amides is 2. The third kappa shape index (κ3) is 5.42. The van der Waals surface area contributed by atoms with E-state index in [9.17, 15) is 9.59 Å². The fraction of sp³-hybridized carbons (Fsp3) is 0.304. The minimum Gasteiger partial charge on any atom is -0.497 e. The van der Waals surface area contributed by atoms with Gasteiger partial charge in [0.15, 0.2) is 11.5 Å². The number of aromatic nitrogens is 2. The lowest BCUT2D eigenvalue weighted by Gasteiger charge is -2.21. The summed E-state index contributed by atoms with van der Waals surface area (Å²) in [6.45, 7) is 4.02. The topological polar surface area (TPSA) is 116 Å². The molecule has 168 valence electrons. The van der Waals surface area contributed by atoms with Crippen molar-refractivity contribution in [3.05, 3.63) is 60.0 Å². The Labute approximate surface area is 186 Å². The summed E-state index contributed by atoms with van der Waals surface area (Å²) in [7, 11) is 3.09. The fourth-order valence-corrected chi connectivity index (χ4v) is 3.06. The van der Waals surface area contributed by atoms with Gasteiger partial charge in [-0.2, -0.15) is 0 Å². The Morgan fingerprint density at radius 2 is 1.94 bits per heavy atom. The molecule has 0 saturated carbocycles. The molecule has 1 aromatic carbocycles. The largest absolute Gasteiger partial charge is 0.497 e. The third-order valence-corrected chi connectivity index (χ3v) is 4.84. The number of nitrogens with one attached hydrogen (secondary N) is 2. The van der Waals surface area contributed by atoms with Gasteiger partial charge in [-0.25, -0.2) is 0 Å². The molecule has 0 aliphatic carbocycles. The maximum Gasteiger partial charge on any atom is 0.274 e. The van der Waals surface area contributed by atoms with Crippen LogP contribution >= 0.6 is 0 Å². The summed E-state index contributed by atoms with van der Waals surface area (Å²) in [5, 5.41) is 9.43. The van der Waals surface area contributed by atoms with Crippen molar-refractivity contribution in [3.8, 4) is 22.8 Å². The molecule has 0 fully saturated rings. The van der Waals surface area contributed by atoms with Crippen molar-refractivity contribution >= 4 is 11.8 Å². The van der Waals surface area contributed by atoms with Crippen LogP contribution in [0.1, 0.15) is 29.9 Å². The highest BCUT2D eigenvalue weighted by atomic mass is 16.5. The van der Waals surface area contributed by atoms with Gasteiger partial charge in [0.2, 0.25) is 5.91 Å². The maximum absolute atomic E-state index is 12.8. The lowest BCUT2D eigenvalue weighted by Crippen LogP contribution is -2.49. The van der Waals surface area contributed by atoms with Gasteiger partial charge in [-0.3, -0.25) is 14.6 Å². The van der Waals surface area contributed by atoms with E-state index >= 15 is 0 Å². The van der Waals surface area contributed by atoms with Gasteiger partial charge in [-0.1, -0.05) is 25.1 Å². The number of benzene rings is 1. The van der Waals surface area contributed by atoms with Crippen LogP contribution in [0.2, 0.25) is 0 Å². The van der Waals surface area contributed by atoms with Crippen molar-refractivity contribution in [2.75, 3.05) is 14.2 Å². The number of ether oxygens (including phenoxy) is 2. The van der Waals surface area contributed by atoms with E-state index < -0.39 is 11.9 Å². The lowest BCUT2D eigenvalue weighted by molar-refractivity contribution is -0.124. The van der Waals surface area contributed by atoms with Crippen LogP contribution in [0.15, 0.2) is 53.3 Å². The summed E-state index contributed by atoms with van der Waals surface area (Å²) in [4.78, 5) is 29.5. The smallest absolute Gasteiger partial charge is 0.274 e. The highest BCUT2D eigenvalue weighted by Gasteiger charge is 2.26. The number of pyridine rings is 1. The van der Waals surface area contributed by atoms with Gasteiger partial charge in [-0.15, -0.1) is 0 Å². The van der Waals surface area contributed by atoms with E-state index in [0.717, 1.165) is 5.56 Å². The molecule has 0 aliphatic rings. The van der Waals surface area contributed by atoms with Crippen molar-refractivity contribution in [2.45, 2.75) is 26.4 Å². The average Bonchev–Trinajstić information content (AvgIpc) is 3.31. The van der Waals surface area contributed by atoms with Crippen LogP contribution in [0.3, 0.4) is 0 Å². The van der Waals surface area contributed by atoms with Crippen LogP contribution in [0, 0.1) is 5.92 Å². The number of hydrogen-bond donors (Lipinski definition) is 2. The van der Waals surface area contributed by atoms with E-state index in [1.807, 2.05) is 19.9 Å². The minimum atomic E-state index is -0.741. The Kier molecular flexibility index (Phi) is 7.43. The van der Waals surface area contributed by atoms with E-state index in [4.69, 9.17) is 14.0 Å². The molecule has 1 unspecified atom stereocenters. The average molecular weight is 438 g/mol. The van der Waals surface area contributed by atoms with E-state index in [2.05, 4.69) is 20.8 Å². The second-order valence-corrected chi connectivity index (χ2v) is 7.42. The molecule has 0 spiro atoms. The first-order chi connectivity index (χ1) is 15.4. The molecule has 32 heavy (non-hydrogen) atoms. The Balaban J connectivity index is 1.70. The molecule has 2 amide bonds. The SMILES string of the molecule is COc1ccc(-c2cc(C(=O)NC(C(=O)NCc3cccnc3)C(C)C)no2)c(OC)c1. The molecule has 0 radical (unpaired) electrons. The molecule has 3 rings (SSSR count). The molecule has 9 heteroatoms. The quantitative estimate of drug-likeness (QED) is 0.528. The van der Waals surface area contributed by atoms with E-state index in [1.54, 1.807) is 43.8 Å². The monoisotopic (exact) mass is 438 g/mol. The number of carbonyl (C=O) groups excluding carboxylic acids is 2. The summed E-state index contributed by atoms with van der Waals surface area (Å²) in [6, 6.07) is 9.63. The summed E-state index contributed by atoms with van der Waals surface area (Å²) in [5.41, 5.74) is 1.54. The van der Waals surface area contributed by atoms with Gasteiger partial charge in [0.25, 0.3) is 5.91 Å². The van der Waals surface area contributed by atoms with Crippen LogP contribution in [-0.4, -0.2) is 42.2 Å². The molecule has 9 nitrogen and oxygen atoms in total. The van der Waals surface area contributed by atoms with E-state index in [0.29, 0.717) is 29.4 Å². The van der Waals surface area contributed by atoms with Crippen molar-refractivity contribution in [1.82, 2.24) is 20.8 Å². The zero-order chi connectivity index (χ0) is 23.1. The van der Waals surface area contributed by atoms with Crippen molar-refractivity contribution in [2.24, 2.45) is 5.92 Å². The van der Waals surface area contributed by atoms with Gasteiger partial charge in [0, 0.05) is 31.1 Å². The summed E-state index contributed by atoms with van der Waals surface area (Å²) in [5.74, 6) is 0.556. The number of carbonyl (C=O) groups is 2. The number of methoxy groups -OCH3 is 2. The van der Waals surface area contributed by atoms with Gasteiger partial charge in [-0.05, 0) is 29.7 Å². The summed E-state index contributed by atoms with van der Waals surface area (Å²) in [6.07, 6.45) is 3.34. The first kappa shape index (κ1) is 22.8. The molecule has 0 bridgehead atoms. The molecular formula is C23H26N4O5. The van der Waals surface area contributed by atoms with Crippen LogP contribution in [0.4, 0.5) is 0 Å². The molecular weight excluding hydrogens is 412 g/mol. The van der Waals surface area contributed by atoms with Gasteiger partial charge < -0.3 is 24.6 Å². The Bertz CT molecular complexity index is 1070. The zero-order valence-corrected chi connectivity index (χ0v) is 18.4. The summed E-state index contributed by atoms with van der Waals surface area (Å²) >= 11 is 0. The third-order valence-electron chi connectivity index (χ3n) is 4.84. The molecule has 2 N–H and O–H groups in total. The van der Waals surface area contributed by atoms with Crippen molar-refractivity contribution in [3.63, 3.8) is 0 Å². The van der Waals surface area contributed by atoms with Gasteiger partial charge >= 0.3 is 0 Å². The molecule has 0 aliphatic heterocycles. The molecule has 1 atom stereocenters. The standard InChI is InChI=1S/C23H26N4O5/c1-14(2)21(23(29)25-13-15-6-5-9-24-12-15)26-22(28)18-11-20(32-27-18)17-8-7-16(30-3)10-19(17)31-4/h5-12,14,21H,13H2,1-4H3,(H,25,29)(H,26,28). The predicted molar refractivity (Wildman–Crippen MR) is 117 cm³/mol. The Morgan fingerprint density at radius 3 is 2.59 bits per heavy atom. The number of hydrogen-bond acceptors (Lipinski definition) is 7. The molecule has 2 aromatic heterocycles. The highest BCUT2D eigenvalue weighted by molar-refractivity contribution is 5.96. The Hall–Kier alpha value is -3.88. The maximum atomic E-state index is 12.8. The van der Waals surface area contributed by atoms with Crippen molar-refractivity contribution in [1.29, 1.82) is 0 Å². The zero-order valence-electron chi connectivity index (χ0n) is 18.4. The fourth-order valence-electron chi connectivity index (χ4n) is 3.06. The normalized spacial score (nSPS) is 11.7. The van der Waals surface area contributed by atoms with E-state index in [1.165, 1.54) is 13.2 Å². The van der Waals surface area contributed by atoms with Gasteiger partial charge in [0.05, 0.1) is 19.8 Å².